The third-order valence-electron chi connectivity index (χ3n) is 3.37. The molecule has 1 aromatic rings. The zero-order valence-electron chi connectivity index (χ0n) is 13.0. The molecule has 0 saturated carbocycles. The fourth-order valence-corrected chi connectivity index (χ4v) is 2.15. The first-order chi connectivity index (χ1) is 10.1. The molecule has 0 aromatic heterocycles. The Hall–Kier alpha value is -1.35. The fraction of sp³-hybridized carbons (Fsp3) is 0.529. The van der Waals surface area contributed by atoms with E-state index >= 15 is 0 Å². The maximum absolute atomic E-state index is 11.7. The van der Waals surface area contributed by atoms with Crippen LogP contribution < -0.4 is 5.43 Å². The van der Waals surface area contributed by atoms with Crippen molar-refractivity contribution in [3.63, 3.8) is 0 Å². The van der Waals surface area contributed by atoms with Crippen LogP contribution in [-0.2, 0) is 4.79 Å². The lowest BCUT2D eigenvalue weighted by Crippen LogP contribution is -2.18. The maximum atomic E-state index is 11.7. The van der Waals surface area contributed by atoms with Gasteiger partial charge in [-0.3, -0.25) is 4.79 Å². The third-order valence-corrected chi connectivity index (χ3v) is 3.62. The minimum absolute atomic E-state index is 0.0150. The Morgan fingerprint density at radius 2 is 1.71 bits per heavy atom. The molecule has 0 aliphatic carbocycles. The van der Waals surface area contributed by atoms with E-state index in [9.17, 15) is 4.79 Å². The van der Waals surface area contributed by atoms with Gasteiger partial charge in [0.15, 0.2) is 0 Å². The Balaban J connectivity index is 2.25. The van der Waals surface area contributed by atoms with Crippen molar-refractivity contribution < 1.29 is 4.79 Å². The van der Waals surface area contributed by atoms with Crippen molar-refractivity contribution in [3.05, 3.63) is 34.9 Å². The van der Waals surface area contributed by atoms with Crippen LogP contribution in [0.25, 0.3) is 0 Å². The minimum atomic E-state index is -0.0150. The third kappa shape index (κ3) is 7.86. The second-order valence-corrected chi connectivity index (χ2v) is 5.69. The van der Waals surface area contributed by atoms with Gasteiger partial charge in [0.25, 0.3) is 0 Å². The summed E-state index contributed by atoms with van der Waals surface area (Å²) in [5.41, 5.74) is 4.35. The number of amides is 1. The Morgan fingerprint density at radius 1 is 1.10 bits per heavy atom. The summed E-state index contributed by atoms with van der Waals surface area (Å²) in [6.45, 7) is 4.07. The molecule has 1 amide bonds. The van der Waals surface area contributed by atoms with E-state index in [4.69, 9.17) is 11.6 Å². The lowest BCUT2D eigenvalue weighted by Gasteiger charge is -2.03. The van der Waals surface area contributed by atoms with Gasteiger partial charge in [-0.05, 0) is 31.0 Å². The van der Waals surface area contributed by atoms with E-state index in [2.05, 4.69) is 17.5 Å². The smallest absolute Gasteiger partial charge is 0.240 e. The first-order valence-corrected chi connectivity index (χ1v) is 8.10. The van der Waals surface area contributed by atoms with Crippen molar-refractivity contribution in [3.8, 4) is 0 Å². The first-order valence-electron chi connectivity index (χ1n) is 7.72. The van der Waals surface area contributed by atoms with Crippen molar-refractivity contribution in [2.45, 2.75) is 58.8 Å². The van der Waals surface area contributed by atoms with Crippen LogP contribution in [0.15, 0.2) is 29.4 Å². The van der Waals surface area contributed by atoms with Crippen molar-refractivity contribution in [1.29, 1.82) is 0 Å². The molecule has 0 radical (unpaired) electrons. The van der Waals surface area contributed by atoms with E-state index in [1.54, 1.807) is 0 Å². The number of hydrogen-bond acceptors (Lipinski definition) is 2. The molecular weight excluding hydrogens is 284 g/mol. The molecule has 3 nitrogen and oxygen atoms in total. The second kappa shape index (κ2) is 10.4. The highest BCUT2D eigenvalue weighted by atomic mass is 35.5. The Morgan fingerprint density at radius 3 is 2.38 bits per heavy atom. The normalized spacial score (nSPS) is 11.5. The molecule has 1 aromatic carbocycles. The Kier molecular flexibility index (Phi) is 8.76. The van der Waals surface area contributed by atoms with Crippen LogP contribution in [0, 0.1) is 0 Å². The number of nitrogens with one attached hydrogen (secondary N) is 1. The average molecular weight is 309 g/mol. The summed E-state index contributed by atoms with van der Waals surface area (Å²) in [5, 5.41) is 4.82. The van der Waals surface area contributed by atoms with Crippen molar-refractivity contribution >= 4 is 23.2 Å². The Labute approximate surface area is 132 Å². The topological polar surface area (TPSA) is 41.5 Å². The number of carbonyl (C=O) groups is 1. The van der Waals surface area contributed by atoms with E-state index in [0.29, 0.717) is 11.4 Å². The summed E-state index contributed by atoms with van der Waals surface area (Å²) >= 11 is 5.84. The monoisotopic (exact) mass is 308 g/mol. The summed E-state index contributed by atoms with van der Waals surface area (Å²) < 4.78 is 0. The second-order valence-electron chi connectivity index (χ2n) is 5.26. The Bertz CT molecular complexity index is 454. The predicted molar refractivity (Wildman–Crippen MR) is 89.8 cm³/mol. The number of unbranched alkanes of at least 4 members (excludes halogenated alkanes) is 5. The van der Waals surface area contributed by atoms with Crippen LogP contribution in [0.3, 0.4) is 0 Å². The highest BCUT2D eigenvalue weighted by molar-refractivity contribution is 6.30. The van der Waals surface area contributed by atoms with Crippen LogP contribution >= 0.6 is 11.6 Å². The van der Waals surface area contributed by atoms with Crippen molar-refractivity contribution in [2.75, 3.05) is 0 Å². The largest absolute Gasteiger partial charge is 0.273 e. The van der Waals surface area contributed by atoms with Crippen LogP contribution in [0.2, 0.25) is 5.02 Å². The van der Waals surface area contributed by atoms with E-state index in [0.717, 1.165) is 24.1 Å². The average Bonchev–Trinajstić information content (AvgIpc) is 2.49. The number of carbonyl (C=O) groups excluding carboxylic acids is 1. The molecule has 0 fully saturated rings. The molecule has 0 aliphatic heterocycles. The van der Waals surface area contributed by atoms with Gasteiger partial charge in [-0.2, -0.15) is 5.10 Å². The number of rotatable bonds is 9. The lowest BCUT2D eigenvalue weighted by atomic mass is 10.1. The molecule has 1 N–H and O–H groups in total. The van der Waals surface area contributed by atoms with E-state index in [1.165, 1.54) is 25.7 Å². The number of halogens is 1. The highest BCUT2D eigenvalue weighted by Gasteiger charge is 2.01. The lowest BCUT2D eigenvalue weighted by molar-refractivity contribution is -0.121. The van der Waals surface area contributed by atoms with Gasteiger partial charge in [0.2, 0.25) is 5.91 Å². The molecule has 0 saturated heterocycles. The maximum Gasteiger partial charge on any atom is 0.240 e. The minimum Gasteiger partial charge on any atom is -0.273 e. The zero-order valence-corrected chi connectivity index (χ0v) is 13.7. The molecule has 0 spiro atoms. The number of hydrogen-bond donors (Lipinski definition) is 1. The van der Waals surface area contributed by atoms with Crippen LogP contribution in [-0.4, -0.2) is 11.6 Å². The SMILES string of the molecule is CCCCCCCCC(=O)NN=C(C)c1ccc(Cl)cc1. The molecule has 0 atom stereocenters. The van der Waals surface area contributed by atoms with Gasteiger partial charge >= 0.3 is 0 Å². The van der Waals surface area contributed by atoms with Gasteiger partial charge in [-0.25, -0.2) is 5.43 Å². The molecule has 0 heterocycles. The van der Waals surface area contributed by atoms with Gasteiger partial charge in [0.1, 0.15) is 0 Å². The van der Waals surface area contributed by atoms with E-state index < -0.39 is 0 Å². The molecule has 1 rings (SSSR count). The number of nitrogens with zero attached hydrogens (tertiary/aromatic N) is 1. The van der Waals surface area contributed by atoms with E-state index in [-0.39, 0.29) is 5.91 Å². The van der Waals surface area contributed by atoms with Crippen molar-refractivity contribution in [2.24, 2.45) is 5.10 Å². The summed E-state index contributed by atoms with van der Waals surface area (Å²) in [6.07, 6.45) is 7.62. The molecule has 0 bridgehead atoms. The number of benzene rings is 1. The molecule has 116 valence electrons. The predicted octanol–water partition coefficient (Wildman–Crippen LogP) is 4.93. The summed E-state index contributed by atoms with van der Waals surface area (Å²) in [7, 11) is 0. The van der Waals surface area contributed by atoms with Crippen LogP contribution in [0.4, 0.5) is 0 Å². The first kappa shape index (κ1) is 17.7. The quantitative estimate of drug-likeness (QED) is 0.392. The van der Waals surface area contributed by atoms with Gasteiger partial charge in [0.05, 0.1) is 5.71 Å². The molecule has 0 unspecified atom stereocenters. The molecular formula is C17H25ClN2O. The molecule has 4 heteroatoms. The summed E-state index contributed by atoms with van der Waals surface area (Å²) in [4.78, 5) is 11.7. The highest BCUT2D eigenvalue weighted by Crippen LogP contribution is 2.10. The van der Waals surface area contributed by atoms with Crippen molar-refractivity contribution in [1.82, 2.24) is 5.43 Å². The van der Waals surface area contributed by atoms with Gasteiger partial charge in [-0.1, -0.05) is 62.8 Å². The zero-order chi connectivity index (χ0) is 15.5. The summed E-state index contributed by atoms with van der Waals surface area (Å²) in [6, 6.07) is 7.41. The molecule has 21 heavy (non-hydrogen) atoms. The number of hydrazone groups is 1. The fourth-order valence-electron chi connectivity index (χ4n) is 2.02. The summed E-state index contributed by atoms with van der Waals surface area (Å²) in [5.74, 6) is -0.0150. The van der Waals surface area contributed by atoms with E-state index in [1.807, 2.05) is 31.2 Å². The van der Waals surface area contributed by atoms with Crippen LogP contribution in [0.1, 0.15) is 64.4 Å². The van der Waals surface area contributed by atoms with Gasteiger partial charge < -0.3 is 0 Å². The van der Waals surface area contributed by atoms with Gasteiger partial charge in [-0.15, -0.1) is 0 Å². The van der Waals surface area contributed by atoms with Gasteiger partial charge in [0, 0.05) is 11.4 Å². The van der Waals surface area contributed by atoms with Crippen LogP contribution in [0.5, 0.6) is 0 Å². The molecule has 0 aliphatic rings. The standard InChI is InChI=1S/C17H25ClN2O/c1-3-4-5-6-7-8-9-17(21)20-19-14(2)15-10-12-16(18)13-11-15/h10-13H,3-9H2,1-2H3,(H,20,21).